The monoisotopic (exact) mass is 417 g/mol. The summed E-state index contributed by atoms with van der Waals surface area (Å²) in [4.78, 5) is 0.198. The summed E-state index contributed by atoms with van der Waals surface area (Å²) in [6, 6.07) is 21.4. The van der Waals surface area contributed by atoms with Gasteiger partial charge in [-0.15, -0.1) is 5.10 Å². The highest BCUT2D eigenvalue weighted by atomic mass is 32.2. The quantitative estimate of drug-likeness (QED) is 0.362. The number of para-hydroxylation sites is 1. The van der Waals surface area contributed by atoms with Gasteiger partial charge in [0.1, 0.15) is 0 Å². The number of nitrogens with zero attached hydrogens (tertiary/aromatic N) is 3. The van der Waals surface area contributed by atoms with Crippen LogP contribution in [0, 0.1) is 6.92 Å². The second-order valence-electron chi connectivity index (χ2n) is 6.66. The molecule has 1 aromatic heterocycles. The largest absolute Gasteiger partial charge is 0.279 e. The number of sulfonamides is 1. The van der Waals surface area contributed by atoms with Crippen LogP contribution in [0.25, 0.3) is 10.8 Å². The lowest BCUT2D eigenvalue weighted by Gasteiger charge is -2.11. The molecule has 0 fully saturated rings. The number of anilines is 2. The van der Waals surface area contributed by atoms with E-state index in [0.29, 0.717) is 17.1 Å². The van der Waals surface area contributed by atoms with Crippen LogP contribution in [-0.2, 0) is 10.0 Å². The van der Waals surface area contributed by atoms with Crippen LogP contribution in [0.1, 0.15) is 11.1 Å². The molecule has 1 heterocycles. The Balaban J connectivity index is 1.57. The van der Waals surface area contributed by atoms with Crippen molar-refractivity contribution in [1.82, 2.24) is 10.2 Å². The first kappa shape index (κ1) is 19.5. The Bertz CT molecular complexity index is 1310. The number of hydrogen-bond donors (Lipinski definition) is 2. The number of hydrazone groups is 1. The Morgan fingerprint density at radius 2 is 1.67 bits per heavy atom. The molecule has 7 nitrogen and oxygen atoms in total. The van der Waals surface area contributed by atoms with Crippen molar-refractivity contribution < 1.29 is 8.42 Å². The van der Waals surface area contributed by atoms with Gasteiger partial charge in [0.05, 0.1) is 23.0 Å². The van der Waals surface area contributed by atoms with Crippen LogP contribution in [0.3, 0.4) is 0 Å². The summed E-state index contributed by atoms with van der Waals surface area (Å²) in [5, 5.41) is 14.1. The first-order valence-electron chi connectivity index (χ1n) is 9.21. The van der Waals surface area contributed by atoms with E-state index in [1.807, 2.05) is 37.3 Å². The first-order chi connectivity index (χ1) is 14.5. The maximum Gasteiger partial charge on any atom is 0.261 e. The zero-order chi connectivity index (χ0) is 21.0. The molecule has 0 spiro atoms. The van der Waals surface area contributed by atoms with Gasteiger partial charge in [-0.25, -0.2) is 8.42 Å². The molecule has 0 atom stereocenters. The van der Waals surface area contributed by atoms with Crippen LogP contribution < -0.4 is 10.1 Å². The molecule has 0 saturated heterocycles. The second kappa shape index (κ2) is 8.30. The maximum atomic E-state index is 12.7. The Kier molecular flexibility index (Phi) is 5.40. The highest BCUT2D eigenvalue weighted by Gasteiger charge is 2.15. The SMILES string of the molecule is Cc1ccc(S(=O)(=O)Nc2ccccc2C=NNc2nncc3ccccc23)cc1. The highest BCUT2D eigenvalue weighted by Crippen LogP contribution is 2.21. The number of benzene rings is 3. The van der Waals surface area contributed by atoms with E-state index in [0.717, 1.165) is 16.3 Å². The minimum absolute atomic E-state index is 0.198. The number of rotatable bonds is 6. The van der Waals surface area contributed by atoms with Gasteiger partial charge in [-0.3, -0.25) is 10.1 Å². The van der Waals surface area contributed by atoms with Gasteiger partial charge < -0.3 is 0 Å². The van der Waals surface area contributed by atoms with Crippen molar-refractivity contribution in [2.75, 3.05) is 10.1 Å². The normalized spacial score (nSPS) is 11.6. The molecular formula is C22H19N5O2S. The molecule has 0 unspecified atom stereocenters. The summed E-state index contributed by atoms with van der Waals surface area (Å²) >= 11 is 0. The van der Waals surface area contributed by atoms with E-state index < -0.39 is 10.0 Å². The summed E-state index contributed by atoms with van der Waals surface area (Å²) in [5.74, 6) is 0.516. The van der Waals surface area contributed by atoms with E-state index in [1.54, 1.807) is 48.7 Å². The molecule has 4 aromatic rings. The van der Waals surface area contributed by atoms with E-state index in [-0.39, 0.29) is 4.90 Å². The van der Waals surface area contributed by atoms with Crippen molar-refractivity contribution >= 4 is 38.5 Å². The lowest BCUT2D eigenvalue weighted by atomic mass is 10.2. The van der Waals surface area contributed by atoms with Crippen molar-refractivity contribution in [3.05, 3.63) is 90.1 Å². The molecule has 0 aliphatic carbocycles. The Morgan fingerprint density at radius 3 is 2.50 bits per heavy atom. The minimum Gasteiger partial charge on any atom is -0.279 e. The molecule has 4 rings (SSSR count). The van der Waals surface area contributed by atoms with Crippen molar-refractivity contribution in [3.8, 4) is 0 Å². The summed E-state index contributed by atoms with van der Waals surface area (Å²) < 4.78 is 28.1. The van der Waals surface area contributed by atoms with E-state index in [4.69, 9.17) is 0 Å². The molecule has 3 aromatic carbocycles. The molecule has 8 heteroatoms. The lowest BCUT2D eigenvalue weighted by Crippen LogP contribution is -2.14. The molecular weight excluding hydrogens is 398 g/mol. The Morgan fingerprint density at radius 1 is 0.933 bits per heavy atom. The van der Waals surface area contributed by atoms with Crippen LogP contribution in [-0.4, -0.2) is 24.8 Å². The van der Waals surface area contributed by atoms with Crippen molar-refractivity contribution in [1.29, 1.82) is 0 Å². The third-order valence-electron chi connectivity index (χ3n) is 4.48. The molecule has 150 valence electrons. The molecule has 0 radical (unpaired) electrons. The Labute approximate surface area is 174 Å². The summed E-state index contributed by atoms with van der Waals surface area (Å²) in [6.07, 6.45) is 3.22. The average molecular weight is 417 g/mol. The van der Waals surface area contributed by atoms with Gasteiger partial charge in [0.25, 0.3) is 10.0 Å². The summed E-state index contributed by atoms with van der Waals surface area (Å²) in [7, 11) is -3.71. The minimum atomic E-state index is -3.71. The van der Waals surface area contributed by atoms with Gasteiger partial charge in [-0.2, -0.15) is 10.2 Å². The van der Waals surface area contributed by atoms with Crippen LogP contribution in [0.4, 0.5) is 11.5 Å². The molecule has 0 amide bonds. The number of nitrogens with one attached hydrogen (secondary N) is 2. The van der Waals surface area contributed by atoms with E-state index >= 15 is 0 Å². The third-order valence-corrected chi connectivity index (χ3v) is 5.86. The van der Waals surface area contributed by atoms with E-state index in [2.05, 4.69) is 25.4 Å². The molecule has 0 saturated carbocycles. The van der Waals surface area contributed by atoms with Crippen LogP contribution in [0.15, 0.2) is 89.0 Å². The van der Waals surface area contributed by atoms with Gasteiger partial charge in [0.2, 0.25) is 0 Å². The fourth-order valence-electron chi connectivity index (χ4n) is 2.90. The Hall–Kier alpha value is -3.78. The molecule has 30 heavy (non-hydrogen) atoms. The zero-order valence-electron chi connectivity index (χ0n) is 16.1. The first-order valence-corrected chi connectivity index (χ1v) is 10.7. The van der Waals surface area contributed by atoms with Crippen molar-refractivity contribution in [2.24, 2.45) is 5.10 Å². The van der Waals surface area contributed by atoms with Gasteiger partial charge >= 0.3 is 0 Å². The van der Waals surface area contributed by atoms with Gasteiger partial charge in [0, 0.05) is 16.3 Å². The zero-order valence-corrected chi connectivity index (χ0v) is 17.0. The topological polar surface area (TPSA) is 96.3 Å². The third kappa shape index (κ3) is 4.28. The van der Waals surface area contributed by atoms with Crippen LogP contribution in [0.5, 0.6) is 0 Å². The van der Waals surface area contributed by atoms with E-state index in [1.165, 1.54) is 6.21 Å². The number of aryl methyl sites for hydroxylation is 1. The smallest absolute Gasteiger partial charge is 0.261 e. The highest BCUT2D eigenvalue weighted by molar-refractivity contribution is 7.92. The average Bonchev–Trinajstić information content (AvgIpc) is 2.75. The van der Waals surface area contributed by atoms with Crippen molar-refractivity contribution in [2.45, 2.75) is 11.8 Å². The predicted molar refractivity (Wildman–Crippen MR) is 119 cm³/mol. The summed E-state index contributed by atoms with van der Waals surface area (Å²) in [6.45, 7) is 1.91. The fourth-order valence-corrected chi connectivity index (χ4v) is 3.98. The lowest BCUT2D eigenvalue weighted by molar-refractivity contribution is 0.601. The second-order valence-corrected chi connectivity index (χ2v) is 8.34. The predicted octanol–water partition coefficient (Wildman–Crippen LogP) is 4.19. The van der Waals surface area contributed by atoms with Gasteiger partial charge in [0.15, 0.2) is 5.82 Å². The molecule has 0 aliphatic rings. The van der Waals surface area contributed by atoms with Crippen molar-refractivity contribution in [3.63, 3.8) is 0 Å². The van der Waals surface area contributed by atoms with E-state index in [9.17, 15) is 8.42 Å². The molecule has 0 aliphatic heterocycles. The maximum absolute atomic E-state index is 12.7. The number of aromatic nitrogens is 2. The van der Waals surface area contributed by atoms with Gasteiger partial charge in [-0.1, -0.05) is 60.2 Å². The summed E-state index contributed by atoms with van der Waals surface area (Å²) in [5.41, 5.74) is 4.90. The standard InChI is InChI=1S/C22H19N5O2S/c1-16-10-12-19(13-11-16)30(28,29)27-21-9-5-3-7-18(21)15-24-26-22-20-8-4-2-6-17(20)14-23-25-22/h2-15,27H,1H3,(H,25,26). The van der Waals surface area contributed by atoms with Crippen LogP contribution >= 0.6 is 0 Å². The molecule has 0 bridgehead atoms. The molecule has 2 N–H and O–H groups in total. The van der Waals surface area contributed by atoms with Gasteiger partial charge in [-0.05, 0) is 25.1 Å². The number of fused-ring (bicyclic) bond motifs is 1. The fraction of sp³-hybridized carbons (Fsp3) is 0.0455. The van der Waals surface area contributed by atoms with Crippen LogP contribution in [0.2, 0.25) is 0 Å². The number of hydrogen-bond acceptors (Lipinski definition) is 6.